The van der Waals surface area contributed by atoms with Crippen LogP contribution in [0.25, 0.3) is 0 Å². The molecule has 0 unspecified atom stereocenters. The lowest BCUT2D eigenvalue weighted by atomic mass is 10.1. The van der Waals surface area contributed by atoms with Gasteiger partial charge in [0.05, 0.1) is 30.4 Å². The minimum atomic E-state index is 0.534. The minimum Gasteiger partial charge on any atom is -0.493 e. The molecule has 2 rings (SSSR count). The zero-order chi connectivity index (χ0) is 16.7. The lowest BCUT2D eigenvalue weighted by Crippen LogP contribution is -2.13. The maximum absolute atomic E-state index is 8.79. The highest BCUT2D eigenvalue weighted by Crippen LogP contribution is 2.36. The normalized spacial score (nSPS) is 10.2. The maximum atomic E-state index is 8.79. The van der Waals surface area contributed by atoms with Crippen LogP contribution in [-0.4, -0.2) is 13.7 Å². The number of hydrogen-bond acceptors (Lipinski definition) is 4. The van der Waals surface area contributed by atoms with Crippen molar-refractivity contribution in [2.45, 2.75) is 20.0 Å². The summed E-state index contributed by atoms with van der Waals surface area (Å²) in [5, 5.41) is 12.7. The van der Waals surface area contributed by atoms with Gasteiger partial charge in [0.15, 0.2) is 11.5 Å². The lowest BCUT2D eigenvalue weighted by molar-refractivity contribution is 0.311. The van der Waals surface area contributed by atoms with Gasteiger partial charge >= 0.3 is 0 Å². The standard InChI is InChI=1S/C18H19ClN2O2/c1-3-23-18-16(19)8-15(9-17(18)22-2)12-21-11-14-6-4-13(10-20)5-7-14/h4-9,21H,3,11-12H2,1-2H3. The Hall–Kier alpha value is -2.22. The van der Waals surface area contributed by atoms with E-state index < -0.39 is 0 Å². The fraction of sp³-hybridized carbons (Fsp3) is 0.278. The van der Waals surface area contributed by atoms with Crippen LogP contribution in [0, 0.1) is 11.3 Å². The summed E-state index contributed by atoms with van der Waals surface area (Å²) in [6, 6.07) is 13.4. The van der Waals surface area contributed by atoms with Crippen molar-refractivity contribution in [3.05, 3.63) is 58.1 Å². The molecule has 120 valence electrons. The van der Waals surface area contributed by atoms with Gasteiger partial charge in [-0.05, 0) is 42.3 Å². The van der Waals surface area contributed by atoms with Crippen molar-refractivity contribution in [2.75, 3.05) is 13.7 Å². The molecule has 0 radical (unpaired) electrons. The maximum Gasteiger partial charge on any atom is 0.179 e. The van der Waals surface area contributed by atoms with Crippen LogP contribution >= 0.6 is 11.6 Å². The van der Waals surface area contributed by atoms with Gasteiger partial charge in [-0.25, -0.2) is 0 Å². The highest BCUT2D eigenvalue weighted by Gasteiger charge is 2.11. The van der Waals surface area contributed by atoms with E-state index in [1.807, 2.05) is 43.3 Å². The molecule has 0 aliphatic carbocycles. The van der Waals surface area contributed by atoms with Crippen molar-refractivity contribution in [2.24, 2.45) is 0 Å². The molecule has 0 aromatic heterocycles. The van der Waals surface area contributed by atoms with Crippen LogP contribution in [0.4, 0.5) is 0 Å². The molecule has 5 heteroatoms. The van der Waals surface area contributed by atoms with E-state index in [4.69, 9.17) is 26.3 Å². The summed E-state index contributed by atoms with van der Waals surface area (Å²) in [5.41, 5.74) is 2.80. The molecule has 0 saturated heterocycles. The fourth-order valence-corrected chi connectivity index (χ4v) is 2.50. The van der Waals surface area contributed by atoms with Crippen molar-refractivity contribution < 1.29 is 9.47 Å². The second-order valence-electron chi connectivity index (χ2n) is 4.95. The average molecular weight is 331 g/mol. The Balaban J connectivity index is 2.00. The number of nitriles is 1. The van der Waals surface area contributed by atoms with E-state index in [9.17, 15) is 0 Å². The van der Waals surface area contributed by atoms with Crippen molar-refractivity contribution in [1.82, 2.24) is 5.32 Å². The SMILES string of the molecule is CCOc1c(Cl)cc(CNCc2ccc(C#N)cc2)cc1OC. The van der Waals surface area contributed by atoms with E-state index >= 15 is 0 Å². The number of benzene rings is 2. The third kappa shape index (κ3) is 4.62. The van der Waals surface area contributed by atoms with Crippen LogP contribution in [-0.2, 0) is 13.1 Å². The molecule has 0 aliphatic heterocycles. The molecule has 0 aliphatic rings. The smallest absolute Gasteiger partial charge is 0.179 e. The quantitative estimate of drug-likeness (QED) is 0.836. The summed E-state index contributed by atoms with van der Waals surface area (Å²) >= 11 is 6.26. The van der Waals surface area contributed by atoms with Crippen LogP contribution in [0.5, 0.6) is 11.5 Å². The van der Waals surface area contributed by atoms with Gasteiger partial charge in [0, 0.05) is 13.1 Å². The highest BCUT2D eigenvalue weighted by atomic mass is 35.5. The molecule has 1 N–H and O–H groups in total. The predicted octanol–water partition coefficient (Wildman–Crippen LogP) is 3.91. The molecule has 0 bridgehead atoms. The molecular weight excluding hydrogens is 312 g/mol. The third-order valence-corrected chi connectivity index (χ3v) is 3.60. The number of halogens is 1. The molecule has 0 heterocycles. The minimum absolute atomic E-state index is 0.534. The second-order valence-corrected chi connectivity index (χ2v) is 5.36. The number of ether oxygens (including phenoxy) is 2. The van der Waals surface area contributed by atoms with Crippen molar-refractivity contribution in [3.63, 3.8) is 0 Å². The molecule has 0 atom stereocenters. The highest BCUT2D eigenvalue weighted by molar-refractivity contribution is 6.32. The Morgan fingerprint density at radius 1 is 1.13 bits per heavy atom. The molecule has 4 nitrogen and oxygen atoms in total. The molecule has 0 fully saturated rings. The number of nitrogens with one attached hydrogen (secondary N) is 1. The summed E-state index contributed by atoms with van der Waals surface area (Å²) in [6.07, 6.45) is 0. The molecular formula is C18H19ClN2O2. The van der Waals surface area contributed by atoms with E-state index in [-0.39, 0.29) is 0 Å². The Bertz CT molecular complexity index is 693. The zero-order valence-electron chi connectivity index (χ0n) is 13.2. The summed E-state index contributed by atoms with van der Waals surface area (Å²) in [5.74, 6) is 1.21. The van der Waals surface area contributed by atoms with Gasteiger partial charge in [0.1, 0.15) is 0 Å². The van der Waals surface area contributed by atoms with E-state index in [0.717, 1.165) is 11.1 Å². The first-order valence-electron chi connectivity index (χ1n) is 7.37. The summed E-state index contributed by atoms with van der Waals surface area (Å²) in [7, 11) is 1.60. The van der Waals surface area contributed by atoms with Gasteiger partial charge in [0.2, 0.25) is 0 Å². The average Bonchev–Trinajstić information content (AvgIpc) is 2.57. The first kappa shape index (κ1) is 17.1. The number of hydrogen-bond donors (Lipinski definition) is 1. The first-order valence-corrected chi connectivity index (χ1v) is 7.74. The van der Waals surface area contributed by atoms with Crippen LogP contribution in [0.1, 0.15) is 23.6 Å². The van der Waals surface area contributed by atoms with Crippen molar-refractivity contribution in [3.8, 4) is 17.6 Å². The Morgan fingerprint density at radius 2 is 1.83 bits per heavy atom. The number of rotatable bonds is 7. The molecule has 0 amide bonds. The lowest BCUT2D eigenvalue weighted by Gasteiger charge is -2.13. The zero-order valence-corrected chi connectivity index (χ0v) is 14.0. The van der Waals surface area contributed by atoms with Crippen molar-refractivity contribution >= 4 is 11.6 Å². The van der Waals surface area contributed by atoms with Gasteiger partial charge in [-0.2, -0.15) is 5.26 Å². The Morgan fingerprint density at radius 3 is 2.43 bits per heavy atom. The van der Waals surface area contributed by atoms with Gasteiger partial charge in [-0.1, -0.05) is 23.7 Å². The van der Waals surface area contributed by atoms with E-state index in [0.29, 0.717) is 41.8 Å². The van der Waals surface area contributed by atoms with E-state index in [1.165, 1.54) is 0 Å². The Kier molecular flexibility index (Phi) is 6.28. The number of methoxy groups -OCH3 is 1. The third-order valence-electron chi connectivity index (χ3n) is 3.32. The summed E-state index contributed by atoms with van der Waals surface area (Å²) in [6.45, 7) is 3.80. The fourth-order valence-electron chi connectivity index (χ4n) is 2.21. The first-order chi connectivity index (χ1) is 11.2. The summed E-state index contributed by atoms with van der Waals surface area (Å²) in [4.78, 5) is 0. The molecule has 2 aromatic carbocycles. The molecule has 0 saturated carbocycles. The van der Waals surface area contributed by atoms with Gasteiger partial charge < -0.3 is 14.8 Å². The Labute approximate surface area is 141 Å². The van der Waals surface area contributed by atoms with Crippen LogP contribution in [0.2, 0.25) is 5.02 Å². The van der Waals surface area contributed by atoms with Crippen molar-refractivity contribution in [1.29, 1.82) is 5.26 Å². The summed E-state index contributed by atoms with van der Waals surface area (Å²) < 4.78 is 10.8. The van der Waals surface area contributed by atoms with E-state index in [2.05, 4.69) is 11.4 Å². The van der Waals surface area contributed by atoms with Gasteiger partial charge in [-0.3, -0.25) is 0 Å². The topological polar surface area (TPSA) is 54.3 Å². The molecule has 0 spiro atoms. The second kappa shape index (κ2) is 8.42. The van der Waals surface area contributed by atoms with Crippen LogP contribution in [0.15, 0.2) is 36.4 Å². The van der Waals surface area contributed by atoms with E-state index in [1.54, 1.807) is 7.11 Å². The van der Waals surface area contributed by atoms with Crippen LogP contribution < -0.4 is 14.8 Å². The number of nitrogens with zero attached hydrogens (tertiary/aromatic N) is 1. The van der Waals surface area contributed by atoms with Crippen LogP contribution in [0.3, 0.4) is 0 Å². The van der Waals surface area contributed by atoms with Gasteiger partial charge in [0.25, 0.3) is 0 Å². The monoisotopic (exact) mass is 330 g/mol. The van der Waals surface area contributed by atoms with Gasteiger partial charge in [-0.15, -0.1) is 0 Å². The predicted molar refractivity (Wildman–Crippen MR) is 90.9 cm³/mol. The largest absolute Gasteiger partial charge is 0.493 e. The molecule has 23 heavy (non-hydrogen) atoms. The molecule has 2 aromatic rings.